The molecule has 0 aromatic carbocycles. The van der Waals surface area contributed by atoms with Gasteiger partial charge in [0.1, 0.15) is 12.7 Å². The second-order valence-corrected chi connectivity index (χ2v) is 6.22. The summed E-state index contributed by atoms with van der Waals surface area (Å²) in [5.41, 5.74) is 0. The number of unbranched alkanes of at least 4 members (excludes halogenated alkanes) is 9. The molecule has 0 aliphatic carbocycles. The lowest BCUT2D eigenvalue weighted by Gasteiger charge is -2.08. The third-order valence-corrected chi connectivity index (χ3v) is 3.84. The van der Waals surface area contributed by atoms with Crippen molar-refractivity contribution in [3.8, 4) is 0 Å². The molecule has 0 spiro atoms. The molecule has 1 unspecified atom stereocenters. The van der Waals surface area contributed by atoms with Gasteiger partial charge in [0, 0.05) is 13.0 Å². The van der Waals surface area contributed by atoms with Crippen molar-refractivity contribution in [1.29, 1.82) is 0 Å². The van der Waals surface area contributed by atoms with Gasteiger partial charge in [0.15, 0.2) is 0 Å². The van der Waals surface area contributed by atoms with Crippen LogP contribution in [0, 0.1) is 0 Å². The number of ether oxygens (including phenoxy) is 1. The Labute approximate surface area is 146 Å². The van der Waals surface area contributed by atoms with Crippen molar-refractivity contribution in [3.05, 3.63) is 12.2 Å². The van der Waals surface area contributed by atoms with Crippen LogP contribution in [0.1, 0.15) is 77.0 Å². The van der Waals surface area contributed by atoms with E-state index in [4.69, 9.17) is 20.1 Å². The second-order valence-electron chi connectivity index (χ2n) is 6.22. The molecule has 0 fully saturated rings. The van der Waals surface area contributed by atoms with E-state index >= 15 is 0 Å². The summed E-state index contributed by atoms with van der Waals surface area (Å²) in [5.74, 6) is -0.301. The molecule has 142 valence electrons. The summed E-state index contributed by atoms with van der Waals surface area (Å²) >= 11 is 0. The molecule has 0 rings (SSSR count). The van der Waals surface area contributed by atoms with E-state index in [-0.39, 0.29) is 19.2 Å². The quantitative estimate of drug-likeness (QED) is 0.214. The molecule has 5 nitrogen and oxygen atoms in total. The van der Waals surface area contributed by atoms with Crippen LogP contribution in [0.2, 0.25) is 0 Å². The highest BCUT2D eigenvalue weighted by molar-refractivity contribution is 5.69. The third-order valence-electron chi connectivity index (χ3n) is 3.84. The Balaban J connectivity index is 3.23. The molecular weight excluding hydrogens is 308 g/mol. The average molecular weight is 344 g/mol. The van der Waals surface area contributed by atoms with Crippen LogP contribution < -0.4 is 0 Å². The molecular formula is C19H36O5. The van der Waals surface area contributed by atoms with Crippen molar-refractivity contribution in [2.75, 3.05) is 19.8 Å². The first-order valence-electron chi connectivity index (χ1n) is 9.41. The molecule has 24 heavy (non-hydrogen) atoms. The van der Waals surface area contributed by atoms with E-state index in [2.05, 4.69) is 12.2 Å². The monoisotopic (exact) mass is 344 g/mol. The van der Waals surface area contributed by atoms with Crippen molar-refractivity contribution >= 4 is 5.97 Å². The number of aliphatic hydroxyl groups excluding tert-OH is 3. The normalized spacial score (nSPS) is 12.6. The molecule has 0 aliphatic heterocycles. The van der Waals surface area contributed by atoms with E-state index in [1.54, 1.807) is 0 Å². The zero-order valence-corrected chi connectivity index (χ0v) is 15.0. The van der Waals surface area contributed by atoms with E-state index in [1.807, 2.05) is 0 Å². The van der Waals surface area contributed by atoms with Gasteiger partial charge in [-0.2, -0.15) is 0 Å². The molecule has 3 N–H and O–H groups in total. The van der Waals surface area contributed by atoms with Crippen molar-refractivity contribution < 1.29 is 24.9 Å². The highest BCUT2D eigenvalue weighted by Gasteiger charge is 2.07. The Morgan fingerprint density at radius 2 is 1.38 bits per heavy atom. The Hall–Kier alpha value is -0.910. The van der Waals surface area contributed by atoms with Gasteiger partial charge >= 0.3 is 5.97 Å². The Morgan fingerprint density at radius 1 is 0.833 bits per heavy atom. The third kappa shape index (κ3) is 17.4. The van der Waals surface area contributed by atoms with Crippen LogP contribution in [-0.4, -0.2) is 47.2 Å². The van der Waals surface area contributed by atoms with Crippen molar-refractivity contribution in [1.82, 2.24) is 0 Å². The molecule has 0 aromatic heterocycles. The molecule has 0 bridgehead atoms. The number of carbonyl (C=O) groups excluding carboxylic acids is 1. The van der Waals surface area contributed by atoms with Crippen LogP contribution >= 0.6 is 0 Å². The van der Waals surface area contributed by atoms with Crippen LogP contribution in [0.25, 0.3) is 0 Å². The maximum Gasteiger partial charge on any atom is 0.305 e. The van der Waals surface area contributed by atoms with E-state index in [0.29, 0.717) is 13.0 Å². The minimum Gasteiger partial charge on any atom is -0.463 e. The molecule has 0 aromatic rings. The highest BCUT2D eigenvalue weighted by Crippen LogP contribution is 2.09. The zero-order valence-electron chi connectivity index (χ0n) is 15.0. The van der Waals surface area contributed by atoms with Crippen LogP contribution in [0.4, 0.5) is 0 Å². The smallest absolute Gasteiger partial charge is 0.305 e. The lowest BCUT2D eigenvalue weighted by molar-refractivity contribution is -0.147. The molecule has 0 saturated heterocycles. The van der Waals surface area contributed by atoms with E-state index in [9.17, 15) is 4.79 Å². The number of rotatable bonds is 17. The second kappa shape index (κ2) is 18.4. The minimum atomic E-state index is -0.970. The van der Waals surface area contributed by atoms with Gasteiger partial charge in [0.25, 0.3) is 0 Å². The summed E-state index contributed by atoms with van der Waals surface area (Å²) in [6, 6.07) is 0. The van der Waals surface area contributed by atoms with Gasteiger partial charge < -0.3 is 20.1 Å². The number of allylic oxidation sites excluding steroid dienone is 2. The van der Waals surface area contributed by atoms with Crippen molar-refractivity contribution in [3.63, 3.8) is 0 Å². The summed E-state index contributed by atoms with van der Waals surface area (Å²) < 4.78 is 4.84. The summed E-state index contributed by atoms with van der Waals surface area (Å²) in [7, 11) is 0. The molecule has 0 radical (unpaired) electrons. The summed E-state index contributed by atoms with van der Waals surface area (Å²) in [6.07, 6.45) is 16.0. The van der Waals surface area contributed by atoms with E-state index < -0.39 is 6.10 Å². The Bertz CT molecular complexity index is 304. The van der Waals surface area contributed by atoms with Gasteiger partial charge in [0.05, 0.1) is 6.61 Å². The first kappa shape index (κ1) is 23.1. The van der Waals surface area contributed by atoms with E-state index in [0.717, 1.165) is 44.9 Å². The Kier molecular flexibility index (Phi) is 17.7. The first-order chi connectivity index (χ1) is 11.7. The number of hydrogen-bond donors (Lipinski definition) is 3. The topological polar surface area (TPSA) is 87.0 Å². The van der Waals surface area contributed by atoms with Gasteiger partial charge in [-0.25, -0.2) is 0 Å². The van der Waals surface area contributed by atoms with Crippen LogP contribution in [0.15, 0.2) is 12.2 Å². The lowest BCUT2D eigenvalue weighted by Crippen LogP contribution is -2.21. The van der Waals surface area contributed by atoms with Crippen molar-refractivity contribution in [2.24, 2.45) is 0 Å². The van der Waals surface area contributed by atoms with Gasteiger partial charge in [0.2, 0.25) is 0 Å². The zero-order chi connectivity index (χ0) is 17.9. The first-order valence-corrected chi connectivity index (χ1v) is 9.41. The SMILES string of the molecule is O=C(CCCCCCC/C=C/CCCCCCO)OCC(O)CO. The standard InChI is InChI=1S/C19H36O5/c20-15-13-11-9-7-5-3-1-2-4-6-8-10-12-14-19(23)24-17-18(22)16-21/h1,3,18,20-22H,2,4-17H2/b3-1+. The number of carbonyl (C=O) groups is 1. The van der Waals surface area contributed by atoms with Gasteiger partial charge in [-0.05, 0) is 38.5 Å². The maximum absolute atomic E-state index is 11.3. The largest absolute Gasteiger partial charge is 0.463 e. The highest BCUT2D eigenvalue weighted by atomic mass is 16.5. The van der Waals surface area contributed by atoms with E-state index in [1.165, 1.54) is 25.7 Å². The van der Waals surface area contributed by atoms with Crippen molar-refractivity contribution in [2.45, 2.75) is 83.2 Å². The maximum atomic E-state index is 11.3. The fraction of sp³-hybridized carbons (Fsp3) is 0.842. The minimum absolute atomic E-state index is 0.122. The molecule has 0 amide bonds. The van der Waals surface area contributed by atoms with Gasteiger partial charge in [-0.3, -0.25) is 4.79 Å². The molecule has 0 aliphatic rings. The number of aliphatic hydroxyl groups is 3. The summed E-state index contributed by atoms with van der Waals surface area (Å²) in [5, 5.41) is 26.3. The Morgan fingerprint density at radius 3 is 1.96 bits per heavy atom. The molecule has 1 atom stereocenters. The van der Waals surface area contributed by atoms with Crippen LogP contribution in [-0.2, 0) is 9.53 Å². The number of hydrogen-bond acceptors (Lipinski definition) is 5. The summed E-state index contributed by atoms with van der Waals surface area (Å²) in [4.78, 5) is 11.3. The van der Waals surface area contributed by atoms with Gasteiger partial charge in [-0.15, -0.1) is 0 Å². The molecule has 5 heteroatoms. The fourth-order valence-corrected chi connectivity index (χ4v) is 2.34. The van der Waals surface area contributed by atoms with Gasteiger partial charge in [-0.1, -0.05) is 44.3 Å². The predicted molar refractivity (Wildman–Crippen MR) is 95.7 cm³/mol. The molecule has 0 saturated carbocycles. The molecule has 0 heterocycles. The fourth-order valence-electron chi connectivity index (χ4n) is 2.34. The van der Waals surface area contributed by atoms with Crippen LogP contribution in [0.3, 0.4) is 0 Å². The average Bonchev–Trinajstić information content (AvgIpc) is 2.59. The predicted octanol–water partition coefficient (Wildman–Crippen LogP) is 3.11. The summed E-state index contributed by atoms with van der Waals surface area (Å²) in [6.45, 7) is -0.196. The lowest BCUT2D eigenvalue weighted by atomic mass is 10.1. The van der Waals surface area contributed by atoms with Crippen LogP contribution in [0.5, 0.6) is 0 Å². The number of esters is 1.